The predicted octanol–water partition coefficient (Wildman–Crippen LogP) is 3.74. The number of hydrogen-bond acceptors (Lipinski definition) is 3. The first-order valence-corrected chi connectivity index (χ1v) is 9.96. The first-order valence-electron chi connectivity index (χ1n) is 9.96. The van der Waals surface area contributed by atoms with Crippen LogP contribution in [0.4, 0.5) is 0 Å². The molecule has 0 spiro atoms. The fourth-order valence-electron chi connectivity index (χ4n) is 4.25. The SMILES string of the molecule is CC[N+]1(C[C@H](O)COc2ccc(-c3ccccc3)cc2)C[C@@H](C)O[C@H](C)C1. The summed E-state index contributed by atoms with van der Waals surface area (Å²) in [5.41, 5.74) is 2.35. The van der Waals surface area contributed by atoms with Crippen LogP contribution in [0.5, 0.6) is 5.75 Å². The first kappa shape index (κ1) is 19.9. The van der Waals surface area contributed by atoms with Gasteiger partial charge in [0, 0.05) is 0 Å². The Labute approximate surface area is 162 Å². The summed E-state index contributed by atoms with van der Waals surface area (Å²) in [7, 11) is 0. The number of likely N-dealkylation sites (N-methyl/N-ethyl adjacent to an activating group) is 1. The molecule has 0 aromatic heterocycles. The maximum atomic E-state index is 10.6. The number of aliphatic hydroxyl groups excluding tert-OH is 1. The van der Waals surface area contributed by atoms with E-state index in [1.165, 1.54) is 5.56 Å². The second kappa shape index (κ2) is 8.87. The molecule has 1 fully saturated rings. The third-order valence-corrected chi connectivity index (χ3v) is 5.43. The molecule has 0 saturated carbocycles. The van der Waals surface area contributed by atoms with Gasteiger partial charge in [0.1, 0.15) is 50.3 Å². The Hall–Kier alpha value is -1.88. The highest BCUT2D eigenvalue weighted by molar-refractivity contribution is 5.63. The normalized spacial score (nSPS) is 26.5. The summed E-state index contributed by atoms with van der Waals surface area (Å²) in [5, 5.41) is 10.6. The molecular formula is C23H32NO3+. The Morgan fingerprint density at radius 2 is 1.59 bits per heavy atom. The van der Waals surface area contributed by atoms with Gasteiger partial charge in [0.05, 0.1) is 6.54 Å². The second-order valence-electron chi connectivity index (χ2n) is 7.82. The molecule has 146 valence electrons. The molecular weight excluding hydrogens is 338 g/mol. The van der Waals surface area contributed by atoms with Crippen LogP contribution in [-0.2, 0) is 4.74 Å². The van der Waals surface area contributed by atoms with Crippen molar-refractivity contribution < 1.29 is 19.1 Å². The van der Waals surface area contributed by atoms with Gasteiger partial charge in [-0.25, -0.2) is 0 Å². The Bertz CT molecular complexity index is 691. The van der Waals surface area contributed by atoms with E-state index < -0.39 is 6.10 Å². The molecule has 1 N–H and O–H groups in total. The van der Waals surface area contributed by atoms with Crippen LogP contribution in [0.1, 0.15) is 20.8 Å². The zero-order valence-electron chi connectivity index (χ0n) is 16.7. The average molecular weight is 371 g/mol. The lowest BCUT2D eigenvalue weighted by Gasteiger charge is -2.46. The van der Waals surface area contributed by atoms with Gasteiger partial charge in [-0.2, -0.15) is 0 Å². The molecule has 1 saturated heterocycles. The number of ether oxygens (including phenoxy) is 2. The zero-order chi connectivity index (χ0) is 19.3. The van der Waals surface area contributed by atoms with Gasteiger partial charge in [0.2, 0.25) is 0 Å². The van der Waals surface area contributed by atoms with Crippen molar-refractivity contribution in [2.75, 3.05) is 32.8 Å². The van der Waals surface area contributed by atoms with Crippen molar-refractivity contribution in [1.29, 1.82) is 0 Å². The molecule has 1 heterocycles. The van der Waals surface area contributed by atoms with Crippen LogP contribution in [0.25, 0.3) is 11.1 Å². The number of morpholine rings is 1. The lowest BCUT2D eigenvalue weighted by molar-refractivity contribution is -0.942. The fraction of sp³-hybridized carbons (Fsp3) is 0.478. The van der Waals surface area contributed by atoms with Gasteiger partial charge in [0.15, 0.2) is 0 Å². The molecule has 0 unspecified atom stereocenters. The standard InChI is InChI=1S/C23H32NO3/c1-4-24(14-18(2)27-19(3)15-24)16-22(25)17-26-23-12-10-21(11-13-23)20-8-6-5-7-9-20/h5-13,18-19,22,25H,4,14-17H2,1-3H3/q+1/t18-,19-,22+/m1/s1. The smallest absolute Gasteiger partial charge is 0.137 e. The van der Waals surface area contributed by atoms with Gasteiger partial charge in [-0.05, 0) is 44.0 Å². The van der Waals surface area contributed by atoms with Crippen LogP contribution in [0.15, 0.2) is 54.6 Å². The fourth-order valence-corrected chi connectivity index (χ4v) is 4.25. The minimum absolute atomic E-state index is 0.229. The third kappa shape index (κ3) is 5.32. The van der Waals surface area contributed by atoms with Gasteiger partial charge in [-0.15, -0.1) is 0 Å². The molecule has 2 aromatic carbocycles. The summed E-state index contributed by atoms with van der Waals surface area (Å²) in [6, 6.07) is 18.3. The molecule has 3 rings (SSSR count). The van der Waals surface area contributed by atoms with Crippen LogP contribution in [0.2, 0.25) is 0 Å². The summed E-state index contributed by atoms with van der Waals surface area (Å²) in [6.07, 6.45) is -0.0315. The van der Waals surface area contributed by atoms with Gasteiger partial charge >= 0.3 is 0 Å². The van der Waals surface area contributed by atoms with E-state index in [0.29, 0.717) is 13.2 Å². The molecule has 1 aliphatic rings. The van der Waals surface area contributed by atoms with E-state index in [-0.39, 0.29) is 12.2 Å². The number of hydrogen-bond donors (Lipinski definition) is 1. The van der Waals surface area contributed by atoms with Crippen molar-refractivity contribution in [3.8, 4) is 16.9 Å². The molecule has 4 heteroatoms. The van der Waals surface area contributed by atoms with Crippen LogP contribution >= 0.6 is 0 Å². The largest absolute Gasteiger partial charge is 0.491 e. The second-order valence-corrected chi connectivity index (χ2v) is 7.82. The predicted molar refractivity (Wildman–Crippen MR) is 109 cm³/mol. The van der Waals surface area contributed by atoms with Gasteiger partial charge in [-0.1, -0.05) is 42.5 Å². The van der Waals surface area contributed by atoms with E-state index in [4.69, 9.17) is 9.47 Å². The number of benzene rings is 2. The first-order chi connectivity index (χ1) is 13.0. The monoisotopic (exact) mass is 370 g/mol. The Morgan fingerprint density at radius 1 is 1.00 bits per heavy atom. The van der Waals surface area contributed by atoms with E-state index in [0.717, 1.165) is 35.4 Å². The molecule has 1 aliphatic heterocycles. The van der Waals surface area contributed by atoms with Crippen LogP contribution < -0.4 is 4.74 Å². The van der Waals surface area contributed by atoms with E-state index in [1.54, 1.807) is 0 Å². The van der Waals surface area contributed by atoms with E-state index in [2.05, 4.69) is 45.0 Å². The summed E-state index contributed by atoms with van der Waals surface area (Å²) >= 11 is 0. The molecule has 0 aliphatic carbocycles. The van der Waals surface area contributed by atoms with E-state index >= 15 is 0 Å². The molecule has 0 bridgehead atoms. The number of rotatable bonds is 7. The van der Waals surface area contributed by atoms with Crippen molar-refractivity contribution in [3.05, 3.63) is 54.6 Å². The van der Waals surface area contributed by atoms with Crippen molar-refractivity contribution in [2.45, 2.75) is 39.1 Å². The van der Waals surface area contributed by atoms with Gasteiger partial charge < -0.3 is 19.1 Å². The molecule has 0 amide bonds. The number of aliphatic hydroxyl groups is 1. The van der Waals surface area contributed by atoms with E-state index in [1.807, 2.05) is 30.3 Å². The van der Waals surface area contributed by atoms with Gasteiger partial charge in [-0.3, -0.25) is 0 Å². The van der Waals surface area contributed by atoms with Crippen LogP contribution in [-0.4, -0.2) is 60.7 Å². The van der Waals surface area contributed by atoms with Crippen LogP contribution in [0, 0.1) is 0 Å². The topological polar surface area (TPSA) is 38.7 Å². The highest BCUT2D eigenvalue weighted by Gasteiger charge is 2.37. The molecule has 27 heavy (non-hydrogen) atoms. The maximum Gasteiger partial charge on any atom is 0.137 e. The Morgan fingerprint density at radius 3 is 2.19 bits per heavy atom. The average Bonchev–Trinajstić information content (AvgIpc) is 2.66. The van der Waals surface area contributed by atoms with Crippen molar-refractivity contribution in [2.24, 2.45) is 0 Å². The van der Waals surface area contributed by atoms with Crippen molar-refractivity contribution in [3.63, 3.8) is 0 Å². The third-order valence-electron chi connectivity index (χ3n) is 5.43. The Balaban J connectivity index is 1.55. The van der Waals surface area contributed by atoms with E-state index in [9.17, 15) is 5.11 Å². The summed E-state index contributed by atoms with van der Waals surface area (Å²) in [4.78, 5) is 0. The summed E-state index contributed by atoms with van der Waals surface area (Å²) in [5.74, 6) is 0.792. The van der Waals surface area contributed by atoms with Crippen molar-refractivity contribution in [1.82, 2.24) is 0 Å². The minimum Gasteiger partial charge on any atom is -0.491 e. The molecule has 4 nitrogen and oxygen atoms in total. The Kier molecular flexibility index (Phi) is 6.53. The number of nitrogens with zero attached hydrogens (tertiary/aromatic N) is 1. The molecule has 2 aromatic rings. The minimum atomic E-state index is -0.490. The highest BCUT2D eigenvalue weighted by Crippen LogP contribution is 2.23. The highest BCUT2D eigenvalue weighted by atomic mass is 16.5. The summed E-state index contributed by atoms with van der Waals surface area (Å²) in [6.45, 7) is 10.4. The lowest BCUT2D eigenvalue weighted by atomic mass is 10.1. The molecule has 0 radical (unpaired) electrons. The zero-order valence-corrected chi connectivity index (χ0v) is 16.7. The quantitative estimate of drug-likeness (QED) is 0.755. The van der Waals surface area contributed by atoms with Gasteiger partial charge in [0.25, 0.3) is 0 Å². The van der Waals surface area contributed by atoms with Crippen molar-refractivity contribution >= 4 is 0 Å². The number of quaternary nitrogens is 1. The maximum absolute atomic E-state index is 10.6. The summed E-state index contributed by atoms with van der Waals surface area (Å²) < 4.78 is 12.6. The lowest BCUT2D eigenvalue weighted by Crippen LogP contribution is -2.62. The molecule has 3 atom stereocenters. The van der Waals surface area contributed by atoms with Crippen LogP contribution in [0.3, 0.4) is 0 Å².